The summed E-state index contributed by atoms with van der Waals surface area (Å²) in [5, 5.41) is 0. The number of hydrogen-bond acceptors (Lipinski definition) is 2. The average molecular weight is 126 g/mol. The molecular weight excluding hydrogens is 121 g/mol. The van der Waals surface area contributed by atoms with Gasteiger partial charge in [0.05, 0.1) is 0 Å². The van der Waals surface area contributed by atoms with Crippen LogP contribution in [-0.2, 0) is 0 Å². The third-order valence-electron chi connectivity index (χ3n) is 0.507. The summed E-state index contributed by atoms with van der Waals surface area (Å²) in [6.07, 6.45) is -4.16. The molecule has 5 heteroatoms. The van der Waals surface area contributed by atoms with Gasteiger partial charge in [-0.2, -0.15) is 13.2 Å². The van der Waals surface area contributed by atoms with E-state index < -0.39 is 11.9 Å². The summed E-state index contributed by atoms with van der Waals surface area (Å²) in [4.78, 5) is 0. The summed E-state index contributed by atoms with van der Waals surface area (Å²) in [7, 11) is 0. The summed E-state index contributed by atoms with van der Waals surface area (Å²) >= 11 is 0. The van der Waals surface area contributed by atoms with Gasteiger partial charge in [0, 0.05) is 6.20 Å². The first-order valence-electron chi connectivity index (χ1n) is 1.73. The van der Waals surface area contributed by atoms with Crippen LogP contribution >= 0.6 is 0 Å². The maximum absolute atomic E-state index is 11.2. The molecule has 0 aromatic carbocycles. The van der Waals surface area contributed by atoms with Crippen LogP contribution in [0.3, 0.4) is 0 Å². The van der Waals surface area contributed by atoms with E-state index in [0.29, 0.717) is 6.20 Å². The first-order chi connectivity index (χ1) is 3.48. The third kappa shape index (κ3) is 1.72. The molecule has 0 aliphatic heterocycles. The molecule has 0 radical (unpaired) electrons. The minimum absolute atomic E-state index is 0.319. The van der Waals surface area contributed by atoms with E-state index in [4.69, 9.17) is 0 Å². The van der Waals surface area contributed by atoms with E-state index in [-0.39, 0.29) is 0 Å². The standard InChI is InChI=1S/C3H5F3N2/c4-3(5,6)2(8)1-7/h1H,7-8H2/b2-1-. The lowest BCUT2D eigenvalue weighted by molar-refractivity contribution is -0.0928. The molecule has 0 bridgehead atoms. The molecule has 2 nitrogen and oxygen atoms in total. The van der Waals surface area contributed by atoms with Crippen LogP contribution in [-0.4, -0.2) is 6.18 Å². The van der Waals surface area contributed by atoms with Gasteiger partial charge in [0.15, 0.2) is 0 Å². The molecule has 0 saturated carbocycles. The van der Waals surface area contributed by atoms with Crippen LogP contribution in [0.4, 0.5) is 13.2 Å². The van der Waals surface area contributed by atoms with Gasteiger partial charge in [0.2, 0.25) is 0 Å². The molecule has 0 aliphatic rings. The molecule has 8 heavy (non-hydrogen) atoms. The van der Waals surface area contributed by atoms with Gasteiger partial charge in [0.25, 0.3) is 0 Å². The van der Waals surface area contributed by atoms with Crippen LogP contribution in [0.5, 0.6) is 0 Å². The van der Waals surface area contributed by atoms with Gasteiger partial charge in [-0.05, 0) is 0 Å². The molecule has 0 heterocycles. The molecule has 0 rings (SSSR count). The quantitative estimate of drug-likeness (QED) is 0.490. The van der Waals surface area contributed by atoms with Gasteiger partial charge in [-0.25, -0.2) is 0 Å². The SMILES string of the molecule is N/C=C(\N)C(F)(F)F. The van der Waals surface area contributed by atoms with Crippen LogP contribution < -0.4 is 11.5 Å². The van der Waals surface area contributed by atoms with Crippen LogP contribution in [0.25, 0.3) is 0 Å². The van der Waals surface area contributed by atoms with E-state index in [2.05, 4.69) is 11.5 Å². The van der Waals surface area contributed by atoms with Gasteiger partial charge < -0.3 is 11.5 Å². The fourth-order valence-electron chi connectivity index (χ4n) is 0.0945. The molecule has 0 aromatic heterocycles. The van der Waals surface area contributed by atoms with Gasteiger partial charge in [0.1, 0.15) is 5.70 Å². The number of allylic oxidation sites excluding steroid dienone is 1. The number of alkyl halides is 3. The van der Waals surface area contributed by atoms with E-state index in [0.717, 1.165) is 0 Å². The van der Waals surface area contributed by atoms with E-state index in [9.17, 15) is 13.2 Å². The number of halogens is 3. The van der Waals surface area contributed by atoms with Crippen molar-refractivity contribution in [2.45, 2.75) is 6.18 Å². The first-order valence-corrected chi connectivity index (χ1v) is 1.73. The van der Waals surface area contributed by atoms with Crippen molar-refractivity contribution in [3.05, 3.63) is 11.9 Å². The molecule has 0 aromatic rings. The Morgan fingerprint density at radius 3 is 1.75 bits per heavy atom. The molecule has 0 amide bonds. The third-order valence-corrected chi connectivity index (χ3v) is 0.507. The Morgan fingerprint density at radius 2 is 1.75 bits per heavy atom. The Hall–Kier alpha value is -0.870. The lowest BCUT2D eigenvalue weighted by Gasteiger charge is -2.02. The summed E-state index contributed by atoms with van der Waals surface area (Å²) in [6.45, 7) is 0. The highest BCUT2D eigenvalue weighted by atomic mass is 19.4. The highest BCUT2D eigenvalue weighted by Gasteiger charge is 2.30. The molecule has 0 aliphatic carbocycles. The topological polar surface area (TPSA) is 52.0 Å². The average Bonchev–Trinajstić information content (AvgIpc) is 1.62. The molecule has 0 atom stereocenters. The zero-order valence-corrected chi connectivity index (χ0v) is 3.87. The van der Waals surface area contributed by atoms with Crippen molar-refractivity contribution >= 4 is 0 Å². The Morgan fingerprint density at radius 1 is 1.38 bits per heavy atom. The monoisotopic (exact) mass is 126 g/mol. The van der Waals surface area contributed by atoms with Crippen LogP contribution in [0.2, 0.25) is 0 Å². The van der Waals surface area contributed by atoms with Crippen LogP contribution in [0.1, 0.15) is 0 Å². The van der Waals surface area contributed by atoms with E-state index >= 15 is 0 Å². The maximum Gasteiger partial charge on any atom is 0.432 e. The van der Waals surface area contributed by atoms with Gasteiger partial charge in [-0.3, -0.25) is 0 Å². The van der Waals surface area contributed by atoms with Crippen LogP contribution in [0.15, 0.2) is 11.9 Å². The summed E-state index contributed by atoms with van der Waals surface area (Å²) < 4.78 is 33.5. The highest BCUT2D eigenvalue weighted by Crippen LogP contribution is 2.19. The predicted molar refractivity (Wildman–Crippen MR) is 22.5 cm³/mol. The van der Waals surface area contributed by atoms with E-state index in [1.165, 1.54) is 0 Å². The predicted octanol–water partition coefficient (Wildman–Crippen LogP) is 0.308. The zero-order valence-electron chi connectivity index (χ0n) is 3.87. The second-order valence-corrected chi connectivity index (χ2v) is 1.12. The Kier molecular flexibility index (Phi) is 1.72. The molecule has 4 N–H and O–H groups in total. The molecular formula is C3H5F3N2. The second-order valence-electron chi connectivity index (χ2n) is 1.12. The van der Waals surface area contributed by atoms with Gasteiger partial charge >= 0.3 is 6.18 Å². The molecule has 0 spiro atoms. The summed E-state index contributed by atoms with van der Waals surface area (Å²) in [6, 6.07) is 0. The van der Waals surface area contributed by atoms with Crippen LogP contribution in [0, 0.1) is 0 Å². The molecule has 0 saturated heterocycles. The fraction of sp³-hybridized carbons (Fsp3) is 0.333. The zero-order chi connectivity index (χ0) is 6.78. The van der Waals surface area contributed by atoms with Crippen molar-refractivity contribution in [1.29, 1.82) is 0 Å². The minimum Gasteiger partial charge on any atom is -0.403 e. The van der Waals surface area contributed by atoms with E-state index in [1.54, 1.807) is 0 Å². The van der Waals surface area contributed by atoms with Crippen molar-refractivity contribution in [3.8, 4) is 0 Å². The van der Waals surface area contributed by atoms with Crippen molar-refractivity contribution < 1.29 is 13.2 Å². The highest BCUT2D eigenvalue weighted by molar-refractivity contribution is 5.00. The lowest BCUT2D eigenvalue weighted by atomic mass is 10.5. The smallest absolute Gasteiger partial charge is 0.403 e. The number of hydrogen-bond donors (Lipinski definition) is 2. The first kappa shape index (κ1) is 7.13. The second kappa shape index (κ2) is 1.94. The molecule has 0 unspecified atom stereocenters. The number of rotatable bonds is 0. The molecule has 0 fully saturated rings. The van der Waals surface area contributed by atoms with Gasteiger partial charge in [-0.1, -0.05) is 0 Å². The minimum atomic E-state index is -4.48. The van der Waals surface area contributed by atoms with Crippen molar-refractivity contribution in [2.75, 3.05) is 0 Å². The summed E-state index contributed by atoms with van der Waals surface area (Å²) in [5.74, 6) is 0. The Bertz CT molecular complexity index is 104. The van der Waals surface area contributed by atoms with Gasteiger partial charge in [-0.15, -0.1) is 0 Å². The Labute approximate surface area is 44.0 Å². The summed E-state index contributed by atoms with van der Waals surface area (Å²) in [5.41, 5.74) is 7.55. The Balaban J connectivity index is 4.03. The van der Waals surface area contributed by atoms with E-state index in [1.807, 2.05) is 0 Å². The molecule has 48 valence electrons. The number of nitrogens with two attached hydrogens (primary N) is 2. The fourth-order valence-corrected chi connectivity index (χ4v) is 0.0945. The largest absolute Gasteiger partial charge is 0.432 e. The lowest BCUT2D eigenvalue weighted by Crippen LogP contribution is -2.20. The van der Waals surface area contributed by atoms with Crippen molar-refractivity contribution in [3.63, 3.8) is 0 Å². The van der Waals surface area contributed by atoms with Crippen molar-refractivity contribution in [2.24, 2.45) is 11.5 Å². The maximum atomic E-state index is 11.2. The normalized spacial score (nSPS) is 14.1. The van der Waals surface area contributed by atoms with Crippen molar-refractivity contribution in [1.82, 2.24) is 0 Å².